The number of aryl methyl sites for hydroxylation is 1. The fourth-order valence-corrected chi connectivity index (χ4v) is 2.59. The minimum absolute atomic E-state index is 0.0431. The molecule has 5 nitrogen and oxygen atoms in total. The van der Waals surface area contributed by atoms with E-state index in [1.807, 2.05) is 13.8 Å². The van der Waals surface area contributed by atoms with E-state index in [4.69, 9.17) is 0 Å². The molecule has 1 rings (SSSR count). The topological polar surface area (TPSA) is 65.5 Å². The first-order valence-corrected chi connectivity index (χ1v) is 8.37. The Balaban J connectivity index is 2.46. The van der Waals surface area contributed by atoms with E-state index in [0.717, 1.165) is 25.9 Å². The smallest absolute Gasteiger partial charge is 0.241 e. The molecular weight excluding hydrogens is 284 g/mol. The van der Waals surface area contributed by atoms with Gasteiger partial charge in [0.25, 0.3) is 0 Å². The molecule has 0 spiro atoms. The van der Waals surface area contributed by atoms with Gasteiger partial charge in [0.2, 0.25) is 5.91 Å². The number of hydrogen-bond donors (Lipinski definition) is 3. The highest BCUT2D eigenvalue weighted by Crippen LogP contribution is 2.16. The van der Waals surface area contributed by atoms with Crippen LogP contribution in [0.5, 0.6) is 0 Å². The Hall–Kier alpha value is -1.56. The zero-order valence-corrected chi connectivity index (χ0v) is 14.0. The Bertz CT molecular complexity index is 456. The number of carbonyl (C=O) groups is 1. The van der Waals surface area contributed by atoms with Gasteiger partial charge in [-0.25, -0.2) is 4.99 Å². The molecule has 0 radical (unpaired) electrons. The zero-order valence-electron chi connectivity index (χ0n) is 13.2. The van der Waals surface area contributed by atoms with Crippen molar-refractivity contribution in [2.45, 2.75) is 40.2 Å². The largest absolute Gasteiger partial charge is 0.357 e. The number of aliphatic imine (C=N–C) groups is 1. The quantitative estimate of drug-likeness (QED) is 0.507. The molecule has 0 atom stereocenters. The molecule has 0 aliphatic heterocycles. The van der Waals surface area contributed by atoms with E-state index in [2.05, 4.69) is 40.0 Å². The maximum Gasteiger partial charge on any atom is 0.241 e. The summed E-state index contributed by atoms with van der Waals surface area (Å²) < 4.78 is 0. The second-order valence-electron chi connectivity index (χ2n) is 4.62. The van der Waals surface area contributed by atoms with E-state index in [1.54, 1.807) is 11.3 Å². The number of nitrogens with one attached hydrogen (secondary N) is 3. The van der Waals surface area contributed by atoms with Crippen molar-refractivity contribution in [1.82, 2.24) is 16.0 Å². The minimum Gasteiger partial charge on any atom is -0.357 e. The van der Waals surface area contributed by atoms with Gasteiger partial charge in [0.05, 0.1) is 6.54 Å². The SMILES string of the molecule is CCCNC(=O)CN=C(NCC)NCc1ccc(CC)s1. The van der Waals surface area contributed by atoms with Crippen LogP contribution in [0.2, 0.25) is 0 Å². The first kappa shape index (κ1) is 17.5. The van der Waals surface area contributed by atoms with E-state index >= 15 is 0 Å². The van der Waals surface area contributed by atoms with Crippen molar-refractivity contribution in [2.24, 2.45) is 4.99 Å². The second kappa shape index (κ2) is 10.2. The number of carbonyl (C=O) groups excluding carboxylic acids is 1. The molecule has 0 aliphatic rings. The first-order valence-electron chi connectivity index (χ1n) is 7.56. The summed E-state index contributed by atoms with van der Waals surface area (Å²) in [5.41, 5.74) is 0. The highest BCUT2D eigenvalue weighted by Gasteiger charge is 2.03. The second-order valence-corrected chi connectivity index (χ2v) is 5.87. The summed E-state index contributed by atoms with van der Waals surface area (Å²) in [6.45, 7) is 8.55. The van der Waals surface area contributed by atoms with Crippen LogP contribution in [0.15, 0.2) is 17.1 Å². The molecule has 0 saturated carbocycles. The monoisotopic (exact) mass is 310 g/mol. The summed E-state index contributed by atoms with van der Waals surface area (Å²) in [6, 6.07) is 4.29. The van der Waals surface area contributed by atoms with Gasteiger partial charge in [-0.1, -0.05) is 13.8 Å². The predicted octanol–water partition coefficient (Wildman–Crippen LogP) is 1.89. The van der Waals surface area contributed by atoms with Crippen LogP contribution in [-0.2, 0) is 17.8 Å². The zero-order chi connectivity index (χ0) is 15.5. The molecule has 0 bridgehead atoms. The van der Waals surface area contributed by atoms with Crippen molar-refractivity contribution in [3.63, 3.8) is 0 Å². The average molecular weight is 310 g/mol. The Morgan fingerprint density at radius 1 is 1.14 bits per heavy atom. The lowest BCUT2D eigenvalue weighted by Crippen LogP contribution is -2.38. The first-order chi connectivity index (χ1) is 10.2. The number of hydrogen-bond acceptors (Lipinski definition) is 3. The van der Waals surface area contributed by atoms with Crippen molar-refractivity contribution >= 4 is 23.2 Å². The summed E-state index contributed by atoms with van der Waals surface area (Å²) >= 11 is 1.80. The van der Waals surface area contributed by atoms with E-state index < -0.39 is 0 Å². The van der Waals surface area contributed by atoms with Gasteiger partial charge in [0, 0.05) is 22.8 Å². The number of rotatable bonds is 8. The van der Waals surface area contributed by atoms with Crippen molar-refractivity contribution < 1.29 is 4.79 Å². The lowest BCUT2D eigenvalue weighted by Gasteiger charge is -2.10. The van der Waals surface area contributed by atoms with Gasteiger partial charge < -0.3 is 16.0 Å². The molecule has 118 valence electrons. The van der Waals surface area contributed by atoms with E-state index in [1.165, 1.54) is 9.75 Å². The average Bonchev–Trinajstić information content (AvgIpc) is 2.96. The van der Waals surface area contributed by atoms with Crippen molar-refractivity contribution in [3.8, 4) is 0 Å². The Labute approximate surface area is 131 Å². The van der Waals surface area contributed by atoms with Crippen molar-refractivity contribution in [1.29, 1.82) is 0 Å². The van der Waals surface area contributed by atoms with Crippen LogP contribution in [0.3, 0.4) is 0 Å². The van der Waals surface area contributed by atoms with Crippen molar-refractivity contribution in [2.75, 3.05) is 19.6 Å². The third-order valence-electron chi connectivity index (χ3n) is 2.79. The molecule has 0 fully saturated rings. The number of nitrogens with zero attached hydrogens (tertiary/aromatic N) is 1. The molecule has 3 N–H and O–H groups in total. The van der Waals surface area contributed by atoms with Crippen LogP contribution >= 0.6 is 11.3 Å². The van der Waals surface area contributed by atoms with Crippen LogP contribution in [0.4, 0.5) is 0 Å². The molecule has 0 unspecified atom stereocenters. The van der Waals surface area contributed by atoms with Crippen LogP contribution in [-0.4, -0.2) is 31.5 Å². The highest BCUT2D eigenvalue weighted by atomic mass is 32.1. The summed E-state index contributed by atoms with van der Waals surface area (Å²) in [5, 5.41) is 9.22. The maximum absolute atomic E-state index is 11.6. The molecule has 6 heteroatoms. The van der Waals surface area contributed by atoms with Gasteiger partial charge in [-0.2, -0.15) is 0 Å². The highest BCUT2D eigenvalue weighted by molar-refractivity contribution is 7.11. The number of amides is 1. The lowest BCUT2D eigenvalue weighted by atomic mass is 10.4. The van der Waals surface area contributed by atoms with Gasteiger partial charge in [-0.05, 0) is 31.9 Å². The third kappa shape index (κ3) is 7.13. The van der Waals surface area contributed by atoms with Gasteiger partial charge in [-0.15, -0.1) is 11.3 Å². The van der Waals surface area contributed by atoms with Gasteiger partial charge in [-0.3, -0.25) is 4.79 Å². The lowest BCUT2D eigenvalue weighted by molar-refractivity contribution is -0.119. The molecule has 21 heavy (non-hydrogen) atoms. The molecule has 0 saturated heterocycles. The molecular formula is C15H26N4OS. The normalized spacial score (nSPS) is 11.3. The van der Waals surface area contributed by atoms with Crippen LogP contribution in [0.25, 0.3) is 0 Å². The molecule has 1 amide bonds. The van der Waals surface area contributed by atoms with E-state index in [9.17, 15) is 4.79 Å². The Morgan fingerprint density at radius 2 is 1.90 bits per heavy atom. The van der Waals surface area contributed by atoms with Gasteiger partial charge in [0.1, 0.15) is 6.54 Å². The summed E-state index contributed by atoms with van der Waals surface area (Å²) in [5.74, 6) is 0.633. The summed E-state index contributed by atoms with van der Waals surface area (Å²) in [4.78, 5) is 18.5. The van der Waals surface area contributed by atoms with E-state index in [0.29, 0.717) is 12.5 Å². The summed E-state index contributed by atoms with van der Waals surface area (Å²) in [6.07, 6.45) is 2.00. The number of guanidine groups is 1. The summed E-state index contributed by atoms with van der Waals surface area (Å²) in [7, 11) is 0. The fourth-order valence-electron chi connectivity index (χ4n) is 1.69. The minimum atomic E-state index is -0.0431. The predicted molar refractivity (Wildman–Crippen MR) is 89.8 cm³/mol. The Morgan fingerprint density at radius 3 is 2.52 bits per heavy atom. The molecule has 0 aromatic carbocycles. The standard InChI is InChI=1S/C15H26N4OS/c1-4-9-17-14(20)11-19-15(16-6-3)18-10-13-8-7-12(5-2)21-13/h7-8H,4-6,9-11H2,1-3H3,(H,17,20)(H2,16,18,19). The molecule has 1 heterocycles. The maximum atomic E-state index is 11.6. The van der Waals surface area contributed by atoms with Gasteiger partial charge in [0.15, 0.2) is 5.96 Å². The fraction of sp³-hybridized carbons (Fsp3) is 0.600. The van der Waals surface area contributed by atoms with Gasteiger partial charge >= 0.3 is 0 Å². The van der Waals surface area contributed by atoms with Crippen LogP contribution in [0.1, 0.15) is 36.9 Å². The van der Waals surface area contributed by atoms with E-state index in [-0.39, 0.29) is 12.5 Å². The number of thiophene rings is 1. The third-order valence-corrected chi connectivity index (χ3v) is 4.02. The molecule has 1 aromatic heterocycles. The van der Waals surface area contributed by atoms with Crippen LogP contribution < -0.4 is 16.0 Å². The van der Waals surface area contributed by atoms with Crippen molar-refractivity contribution in [3.05, 3.63) is 21.9 Å². The Kier molecular flexibility index (Phi) is 8.50. The molecule has 0 aliphatic carbocycles. The molecule has 1 aromatic rings. The van der Waals surface area contributed by atoms with Crippen LogP contribution in [0, 0.1) is 0 Å².